The van der Waals surface area contributed by atoms with E-state index in [2.05, 4.69) is 66.0 Å². The van der Waals surface area contributed by atoms with Crippen LogP contribution in [0.5, 0.6) is 0 Å². The molecule has 0 saturated heterocycles. The molecule has 1 N–H and O–H groups in total. The number of Topliss-reactive ketones (excluding diaryl/α,β-unsaturated/α-hetero) is 1. The van der Waals surface area contributed by atoms with E-state index in [4.69, 9.17) is 4.74 Å². The molecule has 0 spiro atoms. The Morgan fingerprint density at radius 2 is 1.09 bits per heavy atom. The average Bonchev–Trinajstić information content (AvgIpc) is 3.38. The monoisotopic (exact) mass is 583 g/mol. The lowest BCUT2D eigenvalue weighted by atomic mass is 9.84. The number of carbonyl (C=O) groups excluding carboxylic acids is 2. The number of ether oxygens (including phenoxy) is 1. The molecule has 0 unspecified atom stereocenters. The van der Waals surface area contributed by atoms with E-state index >= 15 is 0 Å². The Hall–Kier alpha value is -4.61. The topological polar surface area (TPSA) is 55.4 Å². The number of benzene rings is 5. The van der Waals surface area contributed by atoms with Crippen molar-refractivity contribution >= 4 is 23.6 Å². The molecule has 0 aliphatic heterocycles. The number of hydrogen-bond acceptors (Lipinski definition) is 4. The van der Waals surface area contributed by atoms with Crippen LogP contribution in [0.25, 0.3) is 11.1 Å². The van der Waals surface area contributed by atoms with Crippen LogP contribution in [0.1, 0.15) is 40.7 Å². The van der Waals surface area contributed by atoms with Gasteiger partial charge in [-0.05, 0) is 45.9 Å². The van der Waals surface area contributed by atoms with Crippen LogP contribution in [0.4, 0.5) is 4.79 Å². The highest BCUT2D eigenvalue weighted by atomic mass is 32.2. The van der Waals surface area contributed by atoms with Crippen molar-refractivity contribution in [3.8, 4) is 11.1 Å². The highest BCUT2D eigenvalue weighted by molar-refractivity contribution is 8.00. The van der Waals surface area contributed by atoms with Crippen LogP contribution >= 0.6 is 11.8 Å². The number of amides is 1. The molecular formula is C38H33NO3S. The highest BCUT2D eigenvalue weighted by Crippen LogP contribution is 2.49. The molecule has 0 fully saturated rings. The summed E-state index contributed by atoms with van der Waals surface area (Å²) in [4.78, 5) is 26.1. The summed E-state index contributed by atoms with van der Waals surface area (Å²) in [5.74, 6) is 0.187. The lowest BCUT2D eigenvalue weighted by molar-refractivity contribution is -0.118. The van der Waals surface area contributed by atoms with Crippen molar-refractivity contribution in [2.24, 2.45) is 0 Å². The summed E-state index contributed by atoms with van der Waals surface area (Å²) >= 11 is 1.64. The fourth-order valence-corrected chi connectivity index (χ4v) is 7.66. The first kappa shape index (κ1) is 28.5. The number of nitrogens with one attached hydrogen (secondary N) is 1. The summed E-state index contributed by atoms with van der Waals surface area (Å²) in [6.45, 7) is 1.71. The zero-order valence-corrected chi connectivity index (χ0v) is 24.8. The molecule has 1 amide bonds. The minimum Gasteiger partial charge on any atom is -0.449 e. The third-order valence-corrected chi connectivity index (χ3v) is 9.77. The van der Waals surface area contributed by atoms with E-state index < -0.39 is 16.9 Å². The summed E-state index contributed by atoms with van der Waals surface area (Å²) in [5.41, 5.74) is 7.93. The quantitative estimate of drug-likeness (QED) is 0.168. The van der Waals surface area contributed by atoms with Crippen molar-refractivity contribution in [3.05, 3.63) is 167 Å². The van der Waals surface area contributed by atoms with E-state index in [-0.39, 0.29) is 18.3 Å². The SMILES string of the molecule is CC(=O)[C@H](CSC(c1ccccc1)(c1ccccc1)c1ccccc1)NC(=O)OCC1c2ccccc2-c2ccccc21. The Morgan fingerprint density at radius 1 is 0.674 bits per heavy atom. The summed E-state index contributed by atoms with van der Waals surface area (Å²) in [6, 6.07) is 46.7. The lowest BCUT2D eigenvalue weighted by Gasteiger charge is -2.36. The van der Waals surface area contributed by atoms with E-state index in [9.17, 15) is 9.59 Å². The second kappa shape index (κ2) is 12.7. The Balaban J connectivity index is 1.23. The van der Waals surface area contributed by atoms with Crippen molar-refractivity contribution in [3.63, 3.8) is 0 Å². The molecule has 0 saturated carbocycles. The lowest BCUT2D eigenvalue weighted by Crippen LogP contribution is -2.43. The Kier molecular flexibility index (Phi) is 8.43. The number of ketones is 1. The Labute approximate surface area is 257 Å². The van der Waals surface area contributed by atoms with Crippen molar-refractivity contribution in [1.82, 2.24) is 5.32 Å². The summed E-state index contributed by atoms with van der Waals surface area (Å²) < 4.78 is 5.20. The number of rotatable bonds is 10. The normalized spacial score (nSPS) is 13.0. The molecule has 0 bridgehead atoms. The van der Waals surface area contributed by atoms with E-state index in [1.54, 1.807) is 11.8 Å². The van der Waals surface area contributed by atoms with Gasteiger partial charge in [0.25, 0.3) is 0 Å². The van der Waals surface area contributed by atoms with Gasteiger partial charge in [-0.25, -0.2) is 4.79 Å². The standard InChI is InChI=1S/C38H33NO3S/c1-27(40)36(39-37(41)42-25-35-33-23-13-11-21-31(33)32-22-12-14-24-34(32)35)26-43-38(28-15-5-2-6-16-28,29-17-7-3-8-18-29)30-19-9-4-10-20-30/h2-24,35-36H,25-26H2,1H3,(H,39,41)/t36-/m0/s1. The molecule has 1 aliphatic carbocycles. The molecular weight excluding hydrogens is 550 g/mol. The predicted molar refractivity (Wildman–Crippen MR) is 174 cm³/mol. The zero-order valence-electron chi connectivity index (χ0n) is 24.0. The molecule has 1 aliphatic rings. The van der Waals surface area contributed by atoms with Gasteiger partial charge < -0.3 is 10.1 Å². The van der Waals surface area contributed by atoms with Gasteiger partial charge in [0.05, 0.1) is 10.8 Å². The Morgan fingerprint density at radius 3 is 1.53 bits per heavy atom. The van der Waals surface area contributed by atoms with Crippen LogP contribution in [0.3, 0.4) is 0 Å². The molecule has 1 atom stereocenters. The van der Waals surface area contributed by atoms with Gasteiger partial charge in [-0.3, -0.25) is 4.79 Å². The molecule has 5 heteroatoms. The van der Waals surface area contributed by atoms with E-state index in [1.165, 1.54) is 18.1 Å². The van der Waals surface area contributed by atoms with Crippen LogP contribution in [0.15, 0.2) is 140 Å². The molecule has 4 nitrogen and oxygen atoms in total. The van der Waals surface area contributed by atoms with Crippen LogP contribution in [0, 0.1) is 0 Å². The summed E-state index contributed by atoms with van der Waals surface area (Å²) in [5, 5.41) is 2.88. The van der Waals surface area contributed by atoms with Crippen molar-refractivity contribution < 1.29 is 14.3 Å². The van der Waals surface area contributed by atoms with Gasteiger partial charge in [-0.15, -0.1) is 11.8 Å². The maximum absolute atomic E-state index is 13.2. The molecule has 214 valence electrons. The van der Waals surface area contributed by atoms with E-state index in [0.29, 0.717) is 5.75 Å². The fourth-order valence-electron chi connectivity index (χ4n) is 6.02. The average molecular weight is 584 g/mol. The van der Waals surface area contributed by atoms with Crippen LogP contribution < -0.4 is 5.32 Å². The van der Waals surface area contributed by atoms with E-state index in [0.717, 1.165) is 27.8 Å². The fraction of sp³-hybridized carbons (Fsp3) is 0.158. The summed E-state index contributed by atoms with van der Waals surface area (Å²) in [6.07, 6.45) is -0.590. The summed E-state index contributed by atoms with van der Waals surface area (Å²) in [7, 11) is 0. The molecule has 0 heterocycles. The van der Waals surface area contributed by atoms with Crippen molar-refractivity contribution in [2.75, 3.05) is 12.4 Å². The number of fused-ring (bicyclic) bond motifs is 3. The third kappa shape index (κ3) is 5.73. The first-order chi connectivity index (χ1) is 21.1. The van der Waals surface area contributed by atoms with Gasteiger partial charge in [-0.1, -0.05) is 140 Å². The van der Waals surface area contributed by atoms with Gasteiger partial charge in [0.2, 0.25) is 0 Å². The molecule has 6 rings (SSSR count). The van der Waals surface area contributed by atoms with Gasteiger partial charge in [-0.2, -0.15) is 0 Å². The minimum absolute atomic E-state index is 0.0507. The number of hydrogen-bond donors (Lipinski definition) is 1. The van der Waals surface area contributed by atoms with Crippen LogP contribution in [0.2, 0.25) is 0 Å². The maximum Gasteiger partial charge on any atom is 0.407 e. The molecule has 0 radical (unpaired) electrons. The van der Waals surface area contributed by atoms with Gasteiger partial charge in [0.15, 0.2) is 5.78 Å². The predicted octanol–water partition coefficient (Wildman–Crippen LogP) is 8.21. The van der Waals surface area contributed by atoms with Gasteiger partial charge in [0.1, 0.15) is 6.61 Å². The molecule has 43 heavy (non-hydrogen) atoms. The van der Waals surface area contributed by atoms with Crippen molar-refractivity contribution in [2.45, 2.75) is 23.6 Å². The zero-order chi connectivity index (χ0) is 29.6. The number of alkyl carbamates (subject to hydrolysis) is 1. The van der Waals surface area contributed by atoms with Crippen molar-refractivity contribution in [1.29, 1.82) is 0 Å². The van der Waals surface area contributed by atoms with E-state index in [1.807, 2.05) is 78.9 Å². The smallest absolute Gasteiger partial charge is 0.407 e. The maximum atomic E-state index is 13.2. The van der Waals surface area contributed by atoms with Crippen LogP contribution in [-0.4, -0.2) is 30.3 Å². The second-order valence-electron chi connectivity index (χ2n) is 10.7. The largest absolute Gasteiger partial charge is 0.449 e. The third-order valence-electron chi connectivity index (χ3n) is 8.13. The van der Waals surface area contributed by atoms with Gasteiger partial charge >= 0.3 is 6.09 Å². The Bertz CT molecular complexity index is 1560. The van der Waals surface area contributed by atoms with Gasteiger partial charge in [0, 0.05) is 11.7 Å². The number of thioether (sulfide) groups is 1. The second-order valence-corrected chi connectivity index (χ2v) is 12.0. The minimum atomic E-state index is -0.726. The number of carbonyl (C=O) groups is 2. The molecule has 0 aromatic heterocycles. The first-order valence-electron chi connectivity index (χ1n) is 14.5. The molecule has 5 aromatic rings. The first-order valence-corrected chi connectivity index (χ1v) is 15.5. The highest BCUT2D eigenvalue weighted by Gasteiger charge is 2.38. The molecule has 5 aromatic carbocycles. The van der Waals surface area contributed by atoms with Crippen LogP contribution in [-0.2, 0) is 14.3 Å².